The summed E-state index contributed by atoms with van der Waals surface area (Å²) in [6.45, 7) is 3.99. The molecule has 1 amide bonds. The Hall–Kier alpha value is -1.96. The van der Waals surface area contributed by atoms with Crippen LogP contribution in [0.4, 0.5) is 11.4 Å². The highest BCUT2D eigenvalue weighted by molar-refractivity contribution is 7.92. The normalized spacial score (nSPS) is 12.3. The number of nitrogens with one attached hydrogen (secondary N) is 1. The van der Waals surface area contributed by atoms with Crippen LogP contribution in [0.15, 0.2) is 42.5 Å². The molecule has 0 radical (unpaired) electrons. The topological polar surface area (TPSA) is 75.7 Å². The summed E-state index contributed by atoms with van der Waals surface area (Å²) >= 11 is 12.1. The lowest BCUT2D eigenvalue weighted by molar-refractivity contribution is -0.117. The van der Waals surface area contributed by atoms with E-state index in [9.17, 15) is 13.2 Å². The number of carbonyl (C=O) groups excluding carboxylic acids is 1. The lowest BCUT2D eigenvalue weighted by Gasteiger charge is -2.30. The highest BCUT2D eigenvalue weighted by atomic mass is 35.5. The SMILES string of the molecule is CCOc1ccccc1NC(=O)[C@H](CC)N(c1cc(Cl)cc(Cl)c1)S(C)(=O)=O. The highest BCUT2D eigenvalue weighted by Crippen LogP contribution is 2.30. The van der Waals surface area contributed by atoms with E-state index in [0.29, 0.717) is 18.0 Å². The van der Waals surface area contributed by atoms with Gasteiger partial charge in [-0.3, -0.25) is 9.10 Å². The number of hydrogen-bond donors (Lipinski definition) is 1. The predicted molar refractivity (Wildman–Crippen MR) is 114 cm³/mol. The second-order valence-electron chi connectivity index (χ2n) is 6.03. The van der Waals surface area contributed by atoms with Gasteiger partial charge in [0.15, 0.2) is 0 Å². The summed E-state index contributed by atoms with van der Waals surface area (Å²) < 4.78 is 31.6. The van der Waals surface area contributed by atoms with Crippen molar-refractivity contribution in [3.05, 3.63) is 52.5 Å². The Labute approximate surface area is 175 Å². The molecule has 152 valence electrons. The van der Waals surface area contributed by atoms with Gasteiger partial charge in [0.05, 0.1) is 24.2 Å². The smallest absolute Gasteiger partial charge is 0.248 e. The van der Waals surface area contributed by atoms with Gasteiger partial charge in [0.2, 0.25) is 15.9 Å². The number of anilines is 2. The minimum Gasteiger partial charge on any atom is -0.492 e. The molecule has 2 aromatic carbocycles. The monoisotopic (exact) mass is 444 g/mol. The molecule has 0 spiro atoms. The molecule has 1 atom stereocenters. The van der Waals surface area contributed by atoms with E-state index in [2.05, 4.69) is 5.32 Å². The Morgan fingerprint density at radius 3 is 2.29 bits per heavy atom. The zero-order chi connectivity index (χ0) is 20.9. The van der Waals surface area contributed by atoms with E-state index < -0.39 is 22.0 Å². The van der Waals surface area contributed by atoms with E-state index in [-0.39, 0.29) is 22.2 Å². The maximum atomic E-state index is 13.0. The number of sulfonamides is 1. The number of halogens is 2. The molecule has 0 bridgehead atoms. The van der Waals surface area contributed by atoms with Crippen molar-refractivity contribution in [3.63, 3.8) is 0 Å². The first kappa shape index (κ1) is 22.3. The van der Waals surface area contributed by atoms with Crippen LogP contribution in [0, 0.1) is 0 Å². The second-order valence-corrected chi connectivity index (χ2v) is 8.76. The van der Waals surface area contributed by atoms with Crippen LogP contribution in [0.5, 0.6) is 5.75 Å². The molecule has 0 fully saturated rings. The number of amides is 1. The van der Waals surface area contributed by atoms with Crippen molar-refractivity contribution in [2.45, 2.75) is 26.3 Å². The number of ether oxygens (including phenoxy) is 1. The maximum absolute atomic E-state index is 13.0. The number of benzene rings is 2. The third-order valence-electron chi connectivity index (χ3n) is 3.88. The number of hydrogen-bond acceptors (Lipinski definition) is 4. The Morgan fingerprint density at radius 2 is 1.75 bits per heavy atom. The zero-order valence-corrected chi connectivity index (χ0v) is 18.1. The number of para-hydroxylation sites is 2. The van der Waals surface area contributed by atoms with Crippen LogP contribution in [0.3, 0.4) is 0 Å². The van der Waals surface area contributed by atoms with E-state index in [4.69, 9.17) is 27.9 Å². The van der Waals surface area contributed by atoms with Crippen LogP contribution >= 0.6 is 23.2 Å². The molecule has 9 heteroatoms. The van der Waals surface area contributed by atoms with Gasteiger partial charge in [0, 0.05) is 10.0 Å². The Balaban J connectivity index is 2.43. The van der Waals surface area contributed by atoms with Crippen molar-refractivity contribution in [1.29, 1.82) is 0 Å². The zero-order valence-electron chi connectivity index (χ0n) is 15.8. The molecule has 0 heterocycles. The van der Waals surface area contributed by atoms with Crippen molar-refractivity contribution < 1.29 is 17.9 Å². The van der Waals surface area contributed by atoms with Crippen LogP contribution in [0.2, 0.25) is 10.0 Å². The molecule has 1 N–H and O–H groups in total. The predicted octanol–water partition coefficient (Wildman–Crippen LogP) is 4.58. The molecule has 2 rings (SSSR count). The average molecular weight is 445 g/mol. The molecule has 0 aliphatic carbocycles. The average Bonchev–Trinajstić information content (AvgIpc) is 2.59. The van der Waals surface area contributed by atoms with Gasteiger partial charge in [0.25, 0.3) is 0 Å². The fraction of sp³-hybridized carbons (Fsp3) is 0.316. The molecule has 0 saturated heterocycles. The lowest BCUT2D eigenvalue weighted by Crippen LogP contribution is -2.47. The van der Waals surface area contributed by atoms with Crippen molar-refractivity contribution in [2.24, 2.45) is 0 Å². The van der Waals surface area contributed by atoms with Gasteiger partial charge in [-0.15, -0.1) is 0 Å². The third kappa shape index (κ3) is 5.53. The van der Waals surface area contributed by atoms with Crippen molar-refractivity contribution in [2.75, 3.05) is 22.5 Å². The summed E-state index contributed by atoms with van der Waals surface area (Å²) in [7, 11) is -3.80. The fourth-order valence-corrected chi connectivity index (χ4v) is 4.50. The number of nitrogens with zero attached hydrogens (tertiary/aromatic N) is 1. The van der Waals surface area contributed by atoms with Crippen LogP contribution in [-0.2, 0) is 14.8 Å². The van der Waals surface area contributed by atoms with Crippen LogP contribution in [0.1, 0.15) is 20.3 Å². The Morgan fingerprint density at radius 1 is 1.14 bits per heavy atom. The molecule has 0 unspecified atom stereocenters. The van der Waals surface area contributed by atoms with Crippen molar-refractivity contribution in [1.82, 2.24) is 0 Å². The van der Waals surface area contributed by atoms with Gasteiger partial charge < -0.3 is 10.1 Å². The first-order chi connectivity index (χ1) is 13.2. The quantitative estimate of drug-likeness (QED) is 0.646. The third-order valence-corrected chi connectivity index (χ3v) is 5.49. The van der Waals surface area contributed by atoms with Crippen molar-refractivity contribution >= 4 is 50.5 Å². The van der Waals surface area contributed by atoms with E-state index in [0.717, 1.165) is 10.6 Å². The number of rotatable bonds is 8. The molecule has 0 aliphatic rings. The lowest BCUT2D eigenvalue weighted by atomic mass is 10.1. The first-order valence-electron chi connectivity index (χ1n) is 8.65. The van der Waals surface area contributed by atoms with Gasteiger partial charge in [-0.2, -0.15) is 0 Å². The van der Waals surface area contributed by atoms with Crippen LogP contribution in [-0.4, -0.2) is 33.2 Å². The van der Waals surface area contributed by atoms with E-state index in [1.807, 2.05) is 6.92 Å². The van der Waals surface area contributed by atoms with Crippen LogP contribution < -0.4 is 14.4 Å². The molecule has 6 nitrogen and oxygen atoms in total. The van der Waals surface area contributed by atoms with E-state index in [1.165, 1.54) is 18.2 Å². The van der Waals surface area contributed by atoms with Crippen LogP contribution in [0.25, 0.3) is 0 Å². The molecule has 0 saturated carbocycles. The van der Waals surface area contributed by atoms with E-state index in [1.54, 1.807) is 31.2 Å². The van der Waals surface area contributed by atoms with E-state index >= 15 is 0 Å². The molecular formula is C19H22Cl2N2O4S. The summed E-state index contributed by atoms with van der Waals surface area (Å²) in [5.41, 5.74) is 0.686. The number of carbonyl (C=O) groups is 1. The first-order valence-corrected chi connectivity index (χ1v) is 11.3. The summed E-state index contributed by atoms with van der Waals surface area (Å²) in [4.78, 5) is 13.0. The summed E-state index contributed by atoms with van der Waals surface area (Å²) in [5.74, 6) is 0.0149. The van der Waals surface area contributed by atoms with Gasteiger partial charge in [-0.1, -0.05) is 42.3 Å². The summed E-state index contributed by atoms with van der Waals surface area (Å²) in [6.07, 6.45) is 1.27. The van der Waals surface area contributed by atoms with Gasteiger partial charge >= 0.3 is 0 Å². The molecule has 2 aromatic rings. The molecule has 0 aliphatic heterocycles. The standard InChI is InChI=1S/C19H22Cl2N2O4S/c1-4-17(19(24)22-16-8-6-7-9-18(16)27-5-2)23(28(3,25)26)15-11-13(20)10-14(21)12-15/h6-12,17H,4-5H2,1-3H3,(H,22,24)/t17-/m0/s1. The minimum atomic E-state index is -3.80. The second kappa shape index (κ2) is 9.49. The van der Waals surface area contributed by atoms with Gasteiger partial charge in [-0.05, 0) is 43.7 Å². The molecule has 0 aromatic heterocycles. The molecular weight excluding hydrogens is 423 g/mol. The van der Waals surface area contributed by atoms with Gasteiger partial charge in [-0.25, -0.2) is 8.42 Å². The highest BCUT2D eigenvalue weighted by Gasteiger charge is 2.32. The summed E-state index contributed by atoms with van der Waals surface area (Å²) in [6, 6.07) is 10.4. The minimum absolute atomic E-state index is 0.222. The van der Waals surface area contributed by atoms with Gasteiger partial charge in [0.1, 0.15) is 11.8 Å². The molecule has 28 heavy (non-hydrogen) atoms. The maximum Gasteiger partial charge on any atom is 0.248 e. The Bertz CT molecular complexity index is 930. The fourth-order valence-electron chi connectivity index (χ4n) is 2.79. The Kier molecular flexibility index (Phi) is 7.57. The summed E-state index contributed by atoms with van der Waals surface area (Å²) in [5, 5.41) is 3.30. The largest absolute Gasteiger partial charge is 0.492 e. The van der Waals surface area contributed by atoms with Crippen molar-refractivity contribution in [3.8, 4) is 5.75 Å².